The lowest BCUT2D eigenvalue weighted by atomic mass is 9.99. The smallest absolute Gasteiger partial charge is 0.462 e. The van der Waals surface area contributed by atoms with Crippen molar-refractivity contribution in [3.63, 3.8) is 0 Å². The van der Waals surface area contributed by atoms with Crippen molar-refractivity contribution < 1.29 is 80.2 Å². The SMILES string of the molecule is CCCCCCCCCCCCCCCCCCC(=O)O[C@H](COC(=O)CCCCCCCCCCCCC(C)CC)COP(=O)(O)OC[C@@H](O)COP(=O)(O)OC[C@@H](COC(=O)CCCCCCCCCCCC)OC(=O)CCCCCCCCC(C)CC. The molecule has 0 aliphatic rings. The lowest BCUT2D eigenvalue weighted by molar-refractivity contribution is -0.161. The molecule has 17 nitrogen and oxygen atoms in total. The third kappa shape index (κ3) is 62.2. The number of unbranched alkanes of at least 4 members (excludes halogenated alkanes) is 38. The Labute approximate surface area is 549 Å². The molecule has 0 aromatic rings. The fourth-order valence-electron chi connectivity index (χ4n) is 10.7. The molecule has 19 heteroatoms. The number of rotatable bonds is 70. The summed E-state index contributed by atoms with van der Waals surface area (Å²) in [5.41, 5.74) is 0. The highest BCUT2D eigenvalue weighted by Gasteiger charge is 2.30. The van der Waals surface area contributed by atoms with Gasteiger partial charge in [0.05, 0.1) is 26.4 Å². The van der Waals surface area contributed by atoms with E-state index in [0.717, 1.165) is 102 Å². The molecule has 3 N–H and O–H groups in total. The summed E-state index contributed by atoms with van der Waals surface area (Å²) in [6.07, 6.45) is 48.5. The minimum absolute atomic E-state index is 0.103. The largest absolute Gasteiger partial charge is 0.472 e. The number of aliphatic hydroxyl groups excluding tert-OH is 1. The van der Waals surface area contributed by atoms with Crippen LogP contribution in [0.4, 0.5) is 0 Å². The van der Waals surface area contributed by atoms with E-state index in [9.17, 15) is 43.2 Å². The van der Waals surface area contributed by atoms with Gasteiger partial charge in [-0.05, 0) is 37.5 Å². The van der Waals surface area contributed by atoms with Crippen LogP contribution in [-0.4, -0.2) is 96.7 Å². The normalized spacial score (nSPS) is 14.7. The van der Waals surface area contributed by atoms with Gasteiger partial charge in [0.25, 0.3) is 0 Å². The van der Waals surface area contributed by atoms with E-state index in [4.69, 9.17) is 37.0 Å². The summed E-state index contributed by atoms with van der Waals surface area (Å²) in [6.45, 7) is 9.53. The molecule has 0 saturated heterocycles. The van der Waals surface area contributed by atoms with E-state index in [0.29, 0.717) is 25.7 Å². The number of carbonyl (C=O) groups is 4. The van der Waals surface area contributed by atoms with Crippen LogP contribution in [0.15, 0.2) is 0 Å². The molecule has 0 amide bonds. The molecule has 0 rings (SSSR count). The number of ether oxygens (including phenoxy) is 4. The lowest BCUT2D eigenvalue weighted by Crippen LogP contribution is -2.30. The van der Waals surface area contributed by atoms with Gasteiger partial charge in [-0.15, -0.1) is 0 Å². The molecule has 0 aliphatic carbocycles. The Bertz CT molecular complexity index is 1760. The van der Waals surface area contributed by atoms with E-state index in [1.54, 1.807) is 0 Å². The summed E-state index contributed by atoms with van der Waals surface area (Å²) in [5.74, 6) is -0.595. The van der Waals surface area contributed by atoms with Crippen LogP contribution in [0.5, 0.6) is 0 Å². The number of hydrogen-bond acceptors (Lipinski definition) is 15. The number of phosphoric ester groups is 2. The zero-order chi connectivity index (χ0) is 66.5. The van der Waals surface area contributed by atoms with E-state index < -0.39 is 97.5 Å². The molecule has 7 atom stereocenters. The molecule has 0 fully saturated rings. The third-order valence-corrected chi connectivity index (χ3v) is 19.1. The van der Waals surface area contributed by atoms with E-state index in [-0.39, 0.29) is 25.7 Å². The Morgan fingerprint density at radius 2 is 0.533 bits per heavy atom. The highest BCUT2D eigenvalue weighted by Crippen LogP contribution is 2.45. The van der Waals surface area contributed by atoms with Gasteiger partial charge in [0.1, 0.15) is 19.3 Å². The van der Waals surface area contributed by atoms with Crippen molar-refractivity contribution in [2.75, 3.05) is 39.6 Å². The minimum atomic E-state index is -4.95. The zero-order valence-electron chi connectivity index (χ0n) is 58.4. The first kappa shape index (κ1) is 88.1. The van der Waals surface area contributed by atoms with Gasteiger partial charge in [0.15, 0.2) is 12.2 Å². The predicted molar refractivity (Wildman–Crippen MR) is 363 cm³/mol. The Kier molecular flexibility index (Phi) is 61.8. The van der Waals surface area contributed by atoms with E-state index in [2.05, 4.69) is 41.5 Å². The molecular formula is C71H138O17P2. The summed E-state index contributed by atoms with van der Waals surface area (Å²) in [4.78, 5) is 72.6. The molecule has 0 aliphatic heterocycles. The standard InChI is InChI=1S/C71H138O17P2/c1-7-11-13-15-17-19-21-22-23-24-25-26-32-36-43-49-55-70(75)87-66(59-81-69(74)54-48-42-35-31-28-27-29-33-39-45-51-63(5)9-3)61-85-89(77,78)83-57-65(72)58-84-90(79,80)86-62-67(88-71(76)56-50-44-38-37-40-46-52-64(6)10-4)60-82-68(73)53-47-41-34-30-20-18-16-14-12-8-2/h63-67,72H,7-62H2,1-6H3,(H,77,78)(H,79,80)/t63?,64?,65-,66-,67-/m1/s1. The molecule has 534 valence electrons. The first-order valence-corrected chi connectivity index (χ1v) is 40.1. The molecule has 0 radical (unpaired) electrons. The highest BCUT2D eigenvalue weighted by molar-refractivity contribution is 7.47. The quantitative estimate of drug-likeness (QED) is 0.0222. The molecule has 0 bridgehead atoms. The average molecular weight is 1330 g/mol. The molecule has 0 aromatic heterocycles. The van der Waals surface area contributed by atoms with Crippen LogP contribution in [-0.2, 0) is 65.4 Å². The number of hydrogen-bond donors (Lipinski definition) is 3. The van der Waals surface area contributed by atoms with Crippen molar-refractivity contribution in [3.8, 4) is 0 Å². The summed E-state index contributed by atoms with van der Waals surface area (Å²) < 4.78 is 68.3. The van der Waals surface area contributed by atoms with Gasteiger partial charge in [-0.3, -0.25) is 37.3 Å². The zero-order valence-corrected chi connectivity index (χ0v) is 60.2. The topological polar surface area (TPSA) is 237 Å². The Morgan fingerprint density at radius 1 is 0.311 bits per heavy atom. The Morgan fingerprint density at radius 3 is 0.789 bits per heavy atom. The summed E-state index contributed by atoms with van der Waals surface area (Å²) in [6, 6.07) is 0. The van der Waals surface area contributed by atoms with E-state index in [1.807, 2.05) is 0 Å². The van der Waals surface area contributed by atoms with Crippen LogP contribution in [0.3, 0.4) is 0 Å². The average Bonchev–Trinajstić information content (AvgIpc) is 3.14. The van der Waals surface area contributed by atoms with Gasteiger partial charge in [0.2, 0.25) is 0 Å². The Hall–Kier alpha value is -1.94. The number of esters is 4. The van der Waals surface area contributed by atoms with Crippen LogP contribution < -0.4 is 0 Å². The van der Waals surface area contributed by atoms with Gasteiger partial charge < -0.3 is 33.8 Å². The maximum atomic E-state index is 13.0. The maximum absolute atomic E-state index is 13.0. The van der Waals surface area contributed by atoms with Crippen LogP contribution in [0.2, 0.25) is 0 Å². The fraction of sp³-hybridized carbons (Fsp3) is 0.944. The number of aliphatic hydroxyl groups is 1. The van der Waals surface area contributed by atoms with Crippen molar-refractivity contribution in [2.45, 2.75) is 381 Å². The van der Waals surface area contributed by atoms with E-state index in [1.165, 1.54) is 180 Å². The second-order valence-corrected chi connectivity index (χ2v) is 29.0. The van der Waals surface area contributed by atoms with Crippen molar-refractivity contribution in [1.82, 2.24) is 0 Å². The first-order valence-electron chi connectivity index (χ1n) is 37.1. The summed E-state index contributed by atoms with van der Waals surface area (Å²) >= 11 is 0. The van der Waals surface area contributed by atoms with Crippen LogP contribution in [0.25, 0.3) is 0 Å². The Balaban J connectivity index is 5.24. The molecule has 0 spiro atoms. The highest BCUT2D eigenvalue weighted by atomic mass is 31.2. The van der Waals surface area contributed by atoms with Crippen LogP contribution >= 0.6 is 15.6 Å². The molecule has 90 heavy (non-hydrogen) atoms. The summed E-state index contributed by atoms with van der Waals surface area (Å²) in [5, 5.41) is 10.6. The van der Waals surface area contributed by atoms with Crippen molar-refractivity contribution in [2.24, 2.45) is 11.8 Å². The molecule has 0 saturated carbocycles. The monoisotopic (exact) mass is 1320 g/mol. The second kappa shape index (κ2) is 63.1. The fourth-order valence-corrected chi connectivity index (χ4v) is 12.3. The number of phosphoric acid groups is 2. The van der Waals surface area contributed by atoms with Crippen molar-refractivity contribution >= 4 is 39.5 Å². The summed E-state index contributed by atoms with van der Waals surface area (Å²) in [7, 11) is -9.90. The maximum Gasteiger partial charge on any atom is 0.472 e. The first-order chi connectivity index (χ1) is 43.4. The molecule has 4 unspecified atom stereocenters. The van der Waals surface area contributed by atoms with Gasteiger partial charge in [0, 0.05) is 25.7 Å². The van der Waals surface area contributed by atoms with Crippen LogP contribution in [0, 0.1) is 11.8 Å². The molecular weight excluding hydrogens is 1190 g/mol. The van der Waals surface area contributed by atoms with Gasteiger partial charge in [-0.2, -0.15) is 0 Å². The molecule has 0 aromatic carbocycles. The van der Waals surface area contributed by atoms with Crippen molar-refractivity contribution in [3.05, 3.63) is 0 Å². The molecule has 0 heterocycles. The number of carbonyl (C=O) groups excluding carboxylic acids is 4. The van der Waals surface area contributed by atoms with Gasteiger partial charge >= 0.3 is 39.5 Å². The third-order valence-electron chi connectivity index (χ3n) is 17.2. The van der Waals surface area contributed by atoms with Gasteiger partial charge in [-0.1, -0.05) is 311 Å². The predicted octanol–water partition coefficient (Wildman–Crippen LogP) is 20.4. The minimum Gasteiger partial charge on any atom is -0.462 e. The van der Waals surface area contributed by atoms with Crippen molar-refractivity contribution in [1.29, 1.82) is 0 Å². The van der Waals surface area contributed by atoms with Gasteiger partial charge in [-0.25, -0.2) is 9.13 Å². The lowest BCUT2D eigenvalue weighted by Gasteiger charge is -2.21. The second-order valence-electron chi connectivity index (χ2n) is 26.1. The van der Waals surface area contributed by atoms with Crippen LogP contribution in [0.1, 0.15) is 363 Å². The van der Waals surface area contributed by atoms with E-state index >= 15 is 0 Å².